The summed E-state index contributed by atoms with van der Waals surface area (Å²) in [6, 6.07) is 74.8. The van der Waals surface area contributed by atoms with Crippen LogP contribution in [0.25, 0.3) is 69.8 Å². The van der Waals surface area contributed by atoms with E-state index in [0.717, 1.165) is 22.2 Å². The molecule has 0 radical (unpaired) electrons. The summed E-state index contributed by atoms with van der Waals surface area (Å²) in [5.41, 5.74) is 4.08. The SMILES string of the molecule is c1ccc(-c2nc(-c3ccc[c]([Ge]([c]4ccccc4)([c]4ccccc4)[c]4ccccc4)c3)nc(-n3c4ccccc4c4c5c(ccc43)[se]c3ccccc35)n2)cc1. The Labute approximate surface area is 338 Å². The Morgan fingerprint density at radius 1 is 0.368 bits per heavy atom. The van der Waals surface area contributed by atoms with Crippen molar-refractivity contribution < 1.29 is 0 Å². The molecule has 0 aliphatic rings. The zero-order valence-electron chi connectivity index (χ0n) is 30.8. The maximum absolute atomic E-state index is 5.42. The van der Waals surface area contributed by atoms with Crippen LogP contribution < -0.4 is 17.6 Å². The van der Waals surface area contributed by atoms with Crippen molar-refractivity contribution in [1.82, 2.24) is 19.5 Å². The van der Waals surface area contributed by atoms with Crippen LogP contribution in [0.3, 0.4) is 0 Å². The second-order valence-electron chi connectivity index (χ2n) is 14.4. The molecule has 11 aromatic rings. The fourth-order valence-corrected chi connectivity index (χ4v) is 21.2. The van der Waals surface area contributed by atoms with Crippen LogP contribution in [0, 0.1) is 0 Å². The Kier molecular flexibility index (Phi) is 8.32. The number of hydrogen-bond donors (Lipinski definition) is 0. The van der Waals surface area contributed by atoms with Crippen LogP contribution in [-0.2, 0) is 0 Å². The third-order valence-corrected chi connectivity index (χ3v) is 23.6. The first-order valence-corrected chi connectivity index (χ1v) is 25.1. The van der Waals surface area contributed by atoms with Gasteiger partial charge in [0.25, 0.3) is 0 Å². The Bertz CT molecular complexity index is 3140. The van der Waals surface area contributed by atoms with Gasteiger partial charge in [0.1, 0.15) is 0 Å². The summed E-state index contributed by atoms with van der Waals surface area (Å²) < 4.78 is 10.5. The molecule has 0 saturated heterocycles. The first kappa shape index (κ1) is 33.9. The predicted octanol–water partition coefficient (Wildman–Crippen LogP) is 9.04. The van der Waals surface area contributed by atoms with E-state index in [1.54, 1.807) is 0 Å². The number of nitrogens with zero attached hydrogens (tertiary/aromatic N) is 4. The number of aromatic nitrogens is 4. The van der Waals surface area contributed by atoms with Gasteiger partial charge in [0.05, 0.1) is 0 Å². The van der Waals surface area contributed by atoms with Gasteiger partial charge >= 0.3 is 341 Å². The molecule has 0 N–H and O–H groups in total. The number of fused-ring (bicyclic) bond motifs is 7. The van der Waals surface area contributed by atoms with Gasteiger partial charge in [0.2, 0.25) is 0 Å². The van der Waals surface area contributed by atoms with Crippen molar-refractivity contribution in [3.8, 4) is 28.7 Å². The van der Waals surface area contributed by atoms with Gasteiger partial charge in [-0.1, -0.05) is 0 Å². The molecule has 0 saturated carbocycles. The molecule has 0 aliphatic carbocycles. The van der Waals surface area contributed by atoms with Crippen molar-refractivity contribution in [2.24, 2.45) is 0 Å². The normalized spacial score (nSPS) is 11.9. The van der Waals surface area contributed by atoms with Gasteiger partial charge in [-0.15, -0.1) is 0 Å². The van der Waals surface area contributed by atoms with Gasteiger partial charge in [-0.25, -0.2) is 0 Å². The van der Waals surface area contributed by atoms with E-state index in [0.29, 0.717) is 17.6 Å². The molecule has 57 heavy (non-hydrogen) atoms. The van der Waals surface area contributed by atoms with Crippen LogP contribution in [-0.4, -0.2) is 47.3 Å². The molecule has 0 bridgehead atoms. The molecular formula is C51H34GeN4Se. The van der Waals surface area contributed by atoms with E-state index in [4.69, 9.17) is 15.0 Å². The van der Waals surface area contributed by atoms with Crippen molar-refractivity contribution in [1.29, 1.82) is 0 Å². The van der Waals surface area contributed by atoms with Gasteiger partial charge in [-0.05, 0) is 0 Å². The monoisotopic (exact) mass is 856 g/mol. The van der Waals surface area contributed by atoms with Crippen LogP contribution in [0.1, 0.15) is 0 Å². The zero-order valence-corrected chi connectivity index (χ0v) is 34.6. The van der Waals surface area contributed by atoms with Crippen molar-refractivity contribution in [2.45, 2.75) is 0 Å². The average molecular weight is 854 g/mol. The van der Waals surface area contributed by atoms with Crippen LogP contribution >= 0.6 is 0 Å². The molecule has 0 spiro atoms. The Hall–Kier alpha value is -6.37. The topological polar surface area (TPSA) is 43.6 Å². The zero-order chi connectivity index (χ0) is 37.8. The van der Waals surface area contributed by atoms with Crippen molar-refractivity contribution in [3.63, 3.8) is 0 Å². The molecule has 3 aromatic heterocycles. The second kappa shape index (κ2) is 14.0. The first-order chi connectivity index (χ1) is 28.3. The van der Waals surface area contributed by atoms with Crippen molar-refractivity contribution >= 4 is 86.5 Å². The van der Waals surface area contributed by atoms with E-state index in [-0.39, 0.29) is 14.5 Å². The van der Waals surface area contributed by atoms with E-state index in [9.17, 15) is 0 Å². The number of benzene rings is 8. The van der Waals surface area contributed by atoms with Crippen molar-refractivity contribution in [2.75, 3.05) is 0 Å². The number of rotatable bonds is 7. The molecule has 0 unspecified atom stereocenters. The van der Waals surface area contributed by atoms with Crippen LogP contribution in [0.5, 0.6) is 0 Å². The van der Waals surface area contributed by atoms with E-state index < -0.39 is 13.3 Å². The van der Waals surface area contributed by atoms with Gasteiger partial charge in [0, 0.05) is 0 Å². The summed E-state index contributed by atoms with van der Waals surface area (Å²) in [4.78, 5) is 16.0. The van der Waals surface area contributed by atoms with Crippen LogP contribution in [0.15, 0.2) is 206 Å². The molecule has 0 amide bonds. The van der Waals surface area contributed by atoms with E-state index >= 15 is 0 Å². The van der Waals surface area contributed by atoms with Crippen molar-refractivity contribution in [3.05, 3.63) is 206 Å². The van der Waals surface area contributed by atoms with Crippen LogP contribution in [0.4, 0.5) is 0 Å². The fraction of sp³-hybridized carbons (Fsp3) is 0. The summed E-state index contributed by atoms with van der Waals surface area (Å²) in [5, 5.41) is 5.14. The number of hydrogen-bond acceptors (Lipinski definition) is 3. The molecule has 11 rings (SSSR count). The Morgan fingerprint density at radius 2 is 0.895 bits per heavy atom. The third kappa shape index (κ3) is 5.54. The van der Waals surface area contributed by atoms with E-state index in [1.165, 1.54) is 47.6 Å². The van der Waals surface area contributed by atoms with E-state index in [1.807, 2.05) is 18.2 Å². The first-order valence-electron chi connectivity index (χ1n) is 19.2. The van der Waals surface area contributed by atoms with Gasteiger partial charge < -0.3 is 0 Å². The molecule has 0 atom stereocenters. The summed E-state index contributed by atoms with van der Waals surface area (Å²) in [7, 11) is 0. The predicted molar refractivity (Wildman–Crippen MR) is 241 cm³/mol. The van der Waals surface area contributed by atoms with Gasteiger partial charge in [0.15, 0.2) is 0 Å². The molecule has 6 heteroatoms. The molecule has 8 aromatic carbocycles. The molecule has 268 valence electrons. The van der Waals surface area contributed by atoms with Gasteiger partial charge in [-0.2, -0.15) is 0 Å². The average Bonchev–Trinajstić information content (AvgIpc) is 3.84. The fourth-order valence-electron chi connectivity index (χ4n) is 8.76. The standard InChI is InChI=1S/C51H34GeN4Se/c1-5-18-35(19-6-1)49-53-50(36-20-17-27-40(34-36)52(37-21-7-2-8-22-37,38-23-9-3-10-24-38)39-25-11-4-12-26-39)55-51(54-49)56-43-30-15-13-28-41(43)47-44(56)32-33-46-48(47)42-29-14-16-31-45(42)57-46/h1-34H. The summed E-state index contributed by atoms with van der Waals surface area (Å²) in [6.45, 7) is 0. The maximum atomic E-state index is 5.42. The molecule has 0 aliphatic heterocycles. The summed E-state index contributed by atoms with van der Waals surface area (Å²) in [5.74, 6) is 1.89. The summed E-state index contributed by atoms with van der Waals surface area (Å²) in [6.07, 6.45) is 0. The Morgan fingerprint density at radius 3 is 1.56 bits per heavy atom. The van der Waals surface area contributed by atoms with Gasteiger partial charge in [-0.3, -0.25) is 0 Å². The number of para-hydroxylation sites is 1. The molecular weight excluding hydrogens is 820 g/mol. The Balaban J connectivity index is 1.19. The van der Waals surface area contributed by atoms with Crippen LogP contribution in [0.2, 0.25) is 0 Å². The summed E-state index contributed by atoms with van der Waals surface area (Å²) >= 11 is -3.30. The second-order valence-corrected chi connectivity index (χ2v) is 24.6. The van der Waals surface area contributed by atoms with E-state index in [2.05, 4.69) is 193 Å². The molecule has 4 nitrogen and oxygen atoms in total. The molecule has 0 fully saturated rings. The third-order valence-electron chi connectivity index (χ3n) is 11.2. The minimum atomic E-state index is -3.56. The minimum absolute atomic E-state index is 0.258. The quantitative estimate of drug-likeness (QED) is 0.151. The molecule has 3 heterocycles.